The lowest BCUT2D eigenvalue weighted by Crippen LogP contribution is -2.45. The van der Waals surface area contributed by atoms with Gasteiger partial charge in [-0.1, -0.05) is 39.0 Å². The number of amides is 5. The number of benzene rings is 2. The second kappa shape index (κ2) is 40.9. The third-order valence-corrected chi connectivity index (χ3v) is 21.3. The molecule has 3 aliphatic rings. The van der Waals surface area contributed by atoms with Gasteiger partial charge in [0, 0.05) is 96.6 Å². The average Bonchev–Trinajstić information content (AvgIpc) is 1.63. The Kier molecular flexibility index (Phi) is 31.9. The Hall–Kier alpha value is -10.6. The van der Waals surface area contributed by atoms with Crippen molar-refractivity contribution in [1.82, 2.24) is 59.4 Å². The maximum absolute atomic E-state index is 13.1. The molecule has 114 heavy (non-hydrogen) atoms. The number of ether oxygens (including phenoxy) is 7. The van der Waals surface area contributed by atoms with Gasteiger partial charge in [0.25, 0.3) is 49.8 Å². The monoisotopic (exact) mass is 1640 g/mol. The lowest BCUT2D eigenvalue weighted by atomic mass is 10.0. The summed E-state index contributed by atoms with van der Waals surface area (Å²) in [6.07, 6.45) is -2.02. The van der Waals surface area contributed by atoms with Gasteiger partial charge in [0.05, 0.1) is 79.3 Å². The van der Waals surface area contributed by atoms with Gasteiger partial charge in [-0.2, -0.15) is 12.8 Å². The molecular formula is C76H99N15O20S3. The van der Waals surface area contributed by atoms with Gasteiger partial charge < -0.3 is 84.4 Å². The smallest absolute Gasteiger partial charge is 0.347 e. The standard InChI is InChI=1S/C42H58N8O10S.C34H41N7O10S2/c1-9-49(10-2)16-15-43-39(54)36-25(3)33(45-26(36)4)22-31-30-21-28(11-12-32(30)46-38(31)53)59-35(52)14-13-34(51)58-27(5)41(55)60-29(23-44-42(6,7)8)24-57-40-37(47-61-48-40)50-17-19-56-20-18-50;1-7-41(8-2)14-13-35-33(47)30-19(4)26(36-20(30)5)17-24-23-16-22(9-10-25(23)37-32(24)46)51-29(44)12-11-28(43)50-21(6)31(45)40-53(48,49)34-39-38-27(52-34)15-18(3)42/h11-12,21-22,27,29,44-45H,9-10,13-20,23-24H2,1-8H3,(H,43,54)(H,46,53);9-10,16-17,21,36H,7-8,11-15H2,1-6H3,(H,35,47)(H,37,46)(H,40,45)/b31-22-;24-17-. The first-order valence-corrected chi connectivity index (χ1v) is 40.3. The van der Waals surface area contributed by atoms with E-state index in [2.05, 4.69) is 93.0 Å². The number of anilines is 3. The first-order chi connectivity index (χ1) is 54.1. The molecule has 9 rings (SSSR count). The van der Waals surface area contributed by atoms with Crippen LogP contribution in [0.1, 0.15) is 166 Å². The minimum absolute atomic E-state index is 0.0309. The van der Waals surface area contributed by atoms with Crippen molar-refractivity contribution in [3.05, 3.63) is 97.6 Å². The molecule has 0 spiro atoms. The maximum Gasteiger partial charge on any atom is 0.347 e. The molecule has 35 nitrogen and oxygen atoms in total. The molecule has 3 unspecified atom stereocenters. The van der Waals surface area contributed by atoms with E-state index in [1.54, 1.807) is 55.8 Å². The molecule has 0 bridgehead atoms. The van der Waals surface area contributed by atoms with E-state index in [9.17, 15) is 61.2 Å². The summed E-state index contributed by atoms with van der Waals surface area (Å²) in [4.78, 5) is 152. The maximum atomic E-state index is 13.1. The zero-order valence-electron chi connectivity index (χ0n) is 66.3. The molecule has 3 aliphatic heterocycles. The zero-order chi connectivity index (χ0) is 83.3. The fraction of sp³-hybridized carbons (Fsp3) is 0.487. The first kappa shape index (κ1) is 88.9. The summed E-state index contributed by atoms with van der Waals surface area (Å²) in [7, 11) is -4.44. The molecule has 1 fully saturated rings. The quantitative estimate of drug-likeness (QED) is 0.00933. The third kappa shape index (κ3) is 24.9. The molecular weight excluding hydrogens is 1540 g/mol. The number of hydrogen-bond acceptors (Lipinski definition) is 30. The highest BCUT2D eigenvalue weighted by Gasteiger charge is 2.33. The molecule has 3 atom stereocenters. The van der Waals surface area contributed by atoms with E-state index in [0.717, 1.165) is 57.9 Å². The number of H-pyrrole nitrogens is 2. The highest BCUT2D eigenvalue weighted by atomic mass is 32.2. The largest absolute Gasteiger partial charge is 0.470 e. The van der Waals surface area contributed by atoms with E-state index < -0.39 is 87.2 Å². The summed E-state index contributed by atoms with van der Waals surface area (Å²) in [5, 5.41) is 22.1. The number of ketones is 1. The molecule has 0 saturated carbocycles. The van der Waals surface area contributed by atoms with E-state index >= 15 is 0 Å². The Morgan fingerprint density at radius 1 is 0.667 bits per heavy atom. The van der Waals surface area contributed by atoms with Crippen molar-refractivity contribution in [3.8, 4) is 17.4 Å². The van der Waals surface area contributed by atoms with E-state index in [1.807, 2.05) is 32.6 Å². The van der Waals surface area contributed by atoms with Crippen LogP contribution in [0.5, 0.6) is 17.4 Å². The predicted octanol–water partition coefficient (Wildman–Crippen LogP) is 6.18. The summed E-state index contributed by atoms with van der Waals surface area (Å²) in [5.74, 6) is -5.49. The highest BCUT2D eigenvalue weighted by Crippen LogP contribution is 2.39. The Labute approximate surface area is 668 Å². The van der Waals surface area contributed by atoms with E-state index in [-0.39, 0.29) is 83.5 Å². The Balaban J connectivity index is 0.000000288. The van der Waals surface area contributed by atoms with E-state index in [0.29, 0.717) is 136 Å². The number of nitrogens with zero attached hydrogens (tertiary/aromatic N) is 7. The van der Waals surface area contributed by atoms with Crippen LogP contribution in [-0.2, 0) is 78.5 Å². The van der Waals surface area contributed by atoms with Crippen molar-refractivity contribution in [2.45, 2.75) is 157 Å². The fourth-order valence-corrected chi connectivity index (χ4v) is 14.6. The van der Waals surface area contributed by atoms with Crippen LogP contribution in [0, 0.1) is 27.7 Å². The molecule has 0 radical (unpaired) electrons. The SMILES string of the molecule is CCN(CC)CCNC(=O)c1c(C)[nH]c(/C=C2\C(=O)Nc3ccc(OC(=O)CCC(=O)OC(C)C(=O)NS(=O)(=O)c4nnc(CC(C)=O)s4)cc32)c1C.CCN(CC)CCNC(=O)c1c(C)[nH]c(/C=C2\C(=O)Nc3ccc(OC(=O)CCC(=O)OC(C)C(=O)OC(CNC(C)(C)C)COc4nsnc4N4CCOCC4)cc32)c1C. The van der Waals surface area contributed by atoms with Crippen LogP contribution < -0.4 is 50.4 Å². The van der Waals surface area contributed by atoms with Crippen molar-refractivity contribution in [2.75, 3.05) is 107 Å². The van der Waals surface area contributed by atoms with Gasteiger partial charge in [0.1, 0.15) is 35.0 Å². The Bertz CT molecular complexity index is 4710. The van der Waals surface area contributed by atoms with Crippen LogP contribution in [0.2, 0.25) is 0 Å². The van der Waals surface area contributed by atoms with Crippen molar-refractivity contribution in [1.29, 1.82) is 0 Å². The number of hydrogen-bond donors (Lipinski definition) is 8. The number of rotatable bonds is 37. The Morgan fingerprint density at radius 3 is 1.62 bits per heavy atom. The third-order valence-electron chi connectivity index (χ3n) is 18.2. The zero-order valence-corrected chi connectivity index (χ0v) is 68.8. The van der Waals surface area contributed by atoms with Crippen LogP contribution in [0.25, 0.3) is 23.3 Å². The minimum Gasteiger partial charge on any atom is -0.470 e. The number of aromatic nitrogens is 6. The van der Waals surface area contributed by atoms with E-state index in [1.165, 1.54) is 32.0 Å². The van der Waals surface area contributed by atoms with Crippen LogP contribution in [0.15, 0.2) is 40.7 Å². The average molecular weight is 1640 g/mol. The number of aromatic amines is 2. The second-order valence-corrected chi connectivity index (χ2v) is 31.3. The van der Waals surface area contributed by atoms with Crippen molar-refractivity contribution < 1.29 is 94.3 Å². The predicted molar refractivity (Wildman–Crippen MR) is 423 cm³/mol. The van der Waals surface area contributed by atoms with Gasteiger partial charge >= 0.3 is 29.8 Å². The minimum atomic E-state index is -4.44. The molecule has 616 valence electrons. The van der Waals surface area contributed by atoms with Gasteiger partial charge in [-0.3, -0.25) is 47.9 Å². The lowest BCUT2D eigenvalue weighted by molar-refractivity contribution is -0.171. The number of carbonyl (C=O) groups excluding carboxylic acids is 11. The number of nitrogens with one attached hydrogen (secondary N) is 8. The second-order valence-electron chi connectivity index (χ2n) is 27.8. The molecule has 7 heterocycles. The number of sulfonamides is 1. The number of likely N-dealkylation sites (N-methyl/N-ethyl adjacent to an activating group) is 2. The van der Waals surface area contributed by atoms with Crippen LogP contribution in [0.3, 0.4) is 0 Å². The molecule has 0 aliphatic carbocycles. The number of carbonyl (C=O) groups is 11. The molecule has 1 saturated heterocycles. The summed E-state index contributed by atoms with van der Waals surface area (Å²) in [6, 6.07) is 9.23. The number of morpholine rings is 1. The number of Topliss-reactive ketones (excluding diaryl/α,β-unsaturated/α-hetero) is 1. The molecule has 38 heteroatoms. The van der Waals surface area contributed by atoms with Crippen molar-refractivity contribution in [3.63, 3.8) is 0 Å². The van der Waals surface area contributed by atoms with Crippen LogP contribution in [0.4, 0.5) is 17.2 Å². The van der Waals surface area contributed by atoms with Crippen molar-refractivity contribution >= 4 is 139 Å². The molecule has 8 N–H and O–H groups in total. The number of fused-ring (bicyclic) bond motifs is 2. The molecule has 6 aromatic rings. The summed E-state index contributed by atoms with van der Waals surface area (Å²) < 4.78 is 73.2. The summed E-state index contributed by atoms with van der Waals surface area (Å²) in [5.41, 5.74) is 7.10. The molecule has 4 aromatic heterocycles. The van der Waals surface area contributed by atoms with Gasteiger partial charge in [-0.05, 0) is 155 Å². The Morgan fingerprint density at radius 2 is 1.15 bits per heavy atom. The van der Waals surface area contributed by atoms with E-state index in [4.69, 9.17) is 33.2 Å². The first-order valence-electron chi connectivity index (χ1n) is 37.3. The number of aryl methyl sites for hydroxylation is 2. The normalized spacial score (nSPS) is 14.7. The summed E-state index contributed by atoms with van der Waals surface area (Å²) in [6.45, 7) is 33.9. The van der Waals surface area contributed by atoms with Gasteiger partial charge in [0.15, 0.2) is 12.2 Å². The van der Waals surface area contributed by atoms with Crippen LogP contribution in [-0.4, -0.2) is 228 Å². The van der Waals surface area contributed by atoms with Gasteiger partial charge in [0.2, 0.25) is 5.82 Å². The topological polar surface area (TPSA) is 452 Å². The number of esters is 5. The fourth-order valence-electron chi connectivity index (χ4n) is 12.0. The van der Waals surface area contributed by atoms with Gasteiger partial charge in [-0.25, -0.2) is 9.52 Å². The van der Waals surface area contributed by atoms with Crippen LogP contribution >= 0.6 is 23.1 Å². The lowest BCUT2D eigenvalue weighted by Gasteiger charge is -2.28. The van der Waals surface area contributed by atoms with Crippen molar-refractivity contribution in [2.24, 2.45) is 0 Å². The molecule has 5 amide bonds. The van der Waals surface area contributed by atoms with Gasteiger partial charge in [-0.15, -0.1) is 14.6 Å². The molecule has 2 aromatic carbocycles. The summed E-state index contributed by atoms with van der Waals surface area (Å²) >= 11 is 1.64. The highest BCUT2D eigenvalue weighted by molar-refractivity contribution is 7.92.